The lowest BCUT2D eigenvalue weighted by Gasteiger charge is -2.18. The number of aromatic carboxylic acids is 1. The van der Waals surface area contributed by atoms with Crippen LogP contribution < -0.4 is 0 Å². The summed E-state index contributed by atoms with van der Waals surface area (Å²) in [6.07, 6.45) is 0. The molecule has 0 atom stereocenters. The summed E-state index contributed by atoms with van der Waals surface area (Å²) < 4.78 is 2.84. The number of hydrogen-bond donors (Lipinski definition) is 1. The van der Waals surface area contributed by atoms with Gasteiger partial charge in [-0.1, -0.05) is 18.2 Å². The Labute approximate surface area is 157 Å². The van der Waals surface area contributed by atoms with Gasteiger partial charge in [0.05, 0.1) is 26.6 Å². The van der Waals surface area contributed by atoms with Crippen LogP contribution in [0.15, 0.2) is 47.4 Å². The molecule has 128 valence electrons. The summed E-state index contributed by atoms with van der Waals surface area (Å²) >= 11 is 3.28. The van der Waals surface area contributed by atoms with Gasteiger partial charge in [-0.25, -0.2) is 14.5 Å². The van der Waals surface area contributed by atoms with Gasteiger partial charge < -0.3 is 5.11 Å². The van der Waals surface area contributed by atoms with Gasteiger partial charge in [-0.05, 0) is 31.2 Å². The van der Waals surface area contributed by atoms with E-state index in [4.69, 9.17) is 0 Å². The molecule has 5 rings (SSSR count). The Hall–Kier alpha value is -2.64. The van der Waals surface area contributed by atoms with Crippen LogP contribution in [0.5, 0.6) is 0 Å². The van der Waals surface area contributed by atoms with E-state index in [1.165, 1.54) is 0 Å². The first-order chi connectivity index (χ1) is 12.6. The molecule has 0 bridgehead atoms. The van der Waals surface area contributed by atoms with Crippen molar-refractivity contribution < 1.29 is 9.90 Å². The minimum Gasteiger partial charge on any atom is -0.476 e. The zero-order valence-electron chi connectivity index (χ0n) is 13.8. The summed E-state index contributed by atoms with van der Waals surface area (Å²) in [5.74, 6) is -0.384. The van der Waals surface area contributed by atoms with Crippen molar-refractivity contribution in [3.05, 3.63) is 58.7 Å². The van der Waals surface area contributed by atoms with Crippen molar-refractivity contribution >= 4 is 39.3 Å². The van der Waals surface area contributed by atoms with E-state index < -0.39 is 5.97 Å². The average Bonchev–Trinajstić information content (AvgIpc) is 3.20. The highest BCUT2D eigenvalue weighted by molar-refractivity contribution is 7.98. The smallest absolute Gasteiger partial charge is 0.356 e. The molecule has 0 fully saturated rings. The Morgan fingerprint density at radius 2 is 2.08 bits per heavy atom. The van der Waals surface area contributed by atoms with Crippen LogP contribution in [0.3, 0.4) is 0 Å². The lowest BCUT2D eigenvalue weighted by Crippen LogP contribution is -2.03. The molecule has 1 aliphatic heterocycles. The highest BCUT2D eigenvalue weighted by atomic mass is 32.2. The molecular weight excluding hydrogens is 366 g/mol. The van der Waals surface area contributed by atoms with Gasteiger partial charge in [0, 0.05) is 21.8 Å². The second-order valence-corrected chi connectivity index (χ2v) is 8.31. The summed E-state index contributed by atoms with van der Waals surface area (Å²) in [7, 11) is 0. The zero-order chi connectivity index (χ0) is 17.8. The topological polar surface area (TPSA) is 68.0 Å². The van der Waals surface area contributed by atoms with Crippen molar-refractivity contribution in [3.63, 3.8) is 0 Å². The molecule has 2 aromatic heterocycles. The third-order valence-electron chi connectivity index (χ3n) is 4.42. The standard InChI is InChI=1S/C19H13N3O2S2/c1-10-20-14-7-6-11(8-16(14)26-10)22-18-12-4-2-3-5-15(12)25-9-13(18)17(21-22)19(23)24/h2-8H,9H2,1H3,(H,23,24). The molecule has 7 heteroatoms. The lowest BCUT2D eigenvalue weighted by molar-refractivity contribution is 0.0689. The van der Waals surface area contributed by atoms with Gasteiger partial charge in [-0.3, -0.25) is 0 Å². The van der Waals surface area contributed by atoms with Crippen LogP contribution in [0, 0.1) is 6.92 Å². The first-order valence-corrected chi connectivity index (χ1v) is 9.87. The van der Waals surface area contributed by atoms with Gasteiger partial charge in [0.25, 0.3) is 0 Å². The second kappa shape index (κ2) is 5.69. The number of thioether (sulfide) groups is 1. The number of thiazole rings is 1. The molecular formula is C19H13N3O2S2. The fraction of sp³-hybridized carbons (Fsp3) is 0.105. The zero-order valence-corrected chi connectivity index (χ0v) is 15.4. The number of hydrogen-bond acceptors (Lipinski definition) is 5. The van der Waals surface area contributed by atoms with E-state index in [1.807, 2.05) is 43.3 Å². The maximum absolute atomic E-state index is 11.8. The summed E-state index contributed by atoms with van der Waals surface area (Å²) in [6.45, 7) is 1.98. The molecule has 5 nitrogen and oxygen atoms in total. The van der Waals surface area contributed by atoms with E-state index in [0.717, 1.165) is 42.6 Å². The fourth-order valence-corrected chi connectivity index (χ4v) is 5.25. The molecule has 26 heavy (non-hydrogen) atoms. The summed E-state index contributed by atoms with van der Waals surface area (Å²) in [5.41, 5.74) is 4.61. The van der Waals surface area contributed by atoms with Crippen molar-refractivity contribution in [2.75, 3.05) is 0 Å². The largest absolute Gasteiger partial charge is 0.476 e. The van der Waals surface area contributed by atoms with E-state index in [0.29, 0.717) is 5.75 Å². The van der Waals surface area contributed by atoms with Crippen LogP contribution >= 0.6 is 23.1 Å². The Bertz CT molecular complexity index is 1190. The predicted octanol–water partition coefficient (Wildman–Crippen LogP) is 4.76. The highest BCUT2D eigenvalue weighted by Gasteiger charge is 2.29. The Balaban J connectivity index is 1.80. The second-order valence-electron chi connectivity index (χ2n) is 6.06. The number of carboxylic acid groups (broad SMARTS) is 1. The predicted molar refractivity (Wildman–Crippen MR) is 103 cm³/mol. The van der Waals surface area contributed by atoms with Crippen LogP contribution in [0.25, 0.3) is 27.2 Å². The van der Waals surface area contributed by atoms with Gasteiger partial charge in [0.15, 0.2) is 5.69 Å². The van der Waals surface area contributed by atoms with Crippen LogP contribution in [-0.2, 0) is 5.75 Å². The minimum absolute atomic E-state index is 0.127. The van der Waals surface area contributed by atoms with Gasteiger partial charge in [-0.15, -0.1) is 23.1 Å². The molecule has 2 aromatic carbocycles. The van der Waals surface area contributed by atoms with Gasteiger partial charge >= 0.3 is 5.97 Å². The van der Waals surface area contributed by atoms with Crippen molar-refractivity contribution in [1.82, 2.24) is 14.8 Å². The van der Waals surface area contributed by atoms with Crippen molar-refractivity contribution in [3.8, 4) is 16.9 Å². The maximum Gasteiger partial charge on any atom is 0.356 e. The van der Waals surface area contributed by atoms with Gasteiger partial charge in [0.2, 0.25) is 0 Å². The molecule has 1 aliphatic rings. The molecule has 0 amide bonds. The normalized spacial score (nSPS) is 12.8. The molecule has 0 saturated carbocycles. The lowest BCUT2D eigenvalue weighted by atomic mass is 10.1. The number of fused-ring (bicyclic) bond motifs is 4. The van der Waals surface area contributed by atoms with Crippen LogP contribution in [0.2, 0.25) is 0 Å². The number of carbonyl (C=O) groups is 1. The number of aromatic nitrogens is 3. The molecule has 1 N–H and O–H groups in total. The highest BCUT2D eigenvalue weighted by Crippen LogP contribution is 2.43. The van der Waals surface area contributed by atoms with E-state index in [2.05, 4.69) is 16.1 Å². The van der Waals surface area contributed by atoms with E-state index >= 15 is 0 Å². The Morgan fingerprint density at radius 3 is 2.92 bits per heavy atom. The summed E-state index contributed by atoms with van der Waals surface area (Å²) in [6, 6.07) is 14.0. The Morgan fingerprint density at radius 1 is 1.23 bits per heavy atom. The first-order valence-electron chi connectivity index (χ1n) is 8.07. The van der Waals surface area contributed by atoms with E-state index in [1.54, 1.807) is 27.8 Å². The Kier molecular flexibility index (Phi) is 3.41. The van der Waals surface area contributed by atoms with Gasteiger partial charge in [0.1, 0.15) is 0 Å². The minimum atomic E-state index is -0.991. The number of nitrogens with zero attached hydrogens (tertiary/aromatic N) is 3. The van der Waals surface area contributed by atoms with Crippen LogP contribution in [0.1, 0.15) is 21.1 Å². The number of aryl methyl sites for hydroxylation is 1. The molecule has 0 radical (unpaired) electrons. The van der Waals surface area contributed by atoms with Crippen LogP contribution in [0.4, 0.5) is 0 Å². The monoisotopic (exact) mass is 379 g/mol. The quantitative estimate of drug-likeness (QED) is 0.544. The van der Waals surface area contributed by atoms with Crippen molar-refractivity contribution in [2.45, 2.75) is 17.6 Å². The number of benzene rings is 2. The van der Waals surface area contributed by atoms with E-state index in [9.17, 15) is 9.90 Å². The molecule has 0 aliphatic carbocycles. The number of carboxylic acids is 1. The summed E-state index contributed by atoms with van der Waals surface area (Å²) in [4.78, 5) is 17.4. The van der Waals surface area contributed by atoms with Crippen LogP contribution in [-0.4, -0.2) is 25.8 Å². The van der Waals surface area contributed by atoms with Crippen molar-refractivity contribution in [1.29, 1.82) is 0 Å². The third kappa shape index (κ3) is 2.28. The molecule has 0 spiro atoms. The van der Waals surface area contributed by atoms with Crippen molar-refractivity contribution in [2.24, 2.45) is 0 Å². The molecule has 0 unspecified atom stereocenters. The van der Waals surface area contributed by atoms with Gasteiger partial charge in [-0.2, -0.15) is 5.10 Å². The molecule has 3 heterocycles. The third-order valence-corrected chi connectivity index (χ3v) is 6.46. The first kappa shape index (κ1) is 15.6. The number of rotatable bonds is 2. The average molecular weight is 379 g/mol. The SMILES string of the molecule is Cc1nc2ccc(-n3nc(C(=O)O)c4c3-c3ccccc3SC4)cc2s1. The fourth-order valence-electron chi connectivity index (χ4n) is 3.32. The maximum atomic E-state index is 11.8. The molecule has 4 aromatic rings. The molecule has 0 saturated heterocycles. The van der Waals surface area contributed by atoms with E-state index in [-0.39, 0.29) is 5.69 Å². The summed E-state index contributed by atoms with van der Waals surface area (Å²) in [5, 5.41) is 15.1.